The molecule has 0 bridgehead atoms. The molecule has 1 aromatic carbocycles. The van der Waals surface area contributed by atoms with E-state index in [-0.39, 0.29) is 0 Å². The lowest BCUT2D eigenvalue weighted by Gasteiger charge is -2.10. The minimum Gasteiger partial charge on any atom is -0.487 e. The van der Waals surface area contributed by atoms with E-state index in [0.717, 1.165) is 17.0 Å². The Labute approximate surface area is 111 Å². The number of benzene rings is 1. The van der Waals surface area contributed by atoms with Crippen LogP contribution in [-0.2, 0) is 13.7 Å². The zero-order valence-electron chi connectivity index (χ0n) is 10.4. The molecule has 2 N–H and O–H groups in total. The van der Waals surface area contributed by atoms with Gasteiger partial charge in [0.2, 0.25) is 0 Å². The molecule has 94 valence electrons. The van der Waals surface area contributed by atoms with E-state index in [9.17, 15) is 0 Å². The van der Waals surface area contributed by atoms with Crippen LogP contribution in [0, 0.1) is 6.92 Å². The van der Waals surface area contributed by atoms with Crippen LogP contribution < -0.4 is 10.5 Å². The zero-order chi connectivity index (χ0) is 13.1. The molecule has 1 heterocycles. The van der Waals surface area contributed by atoms with Crippen molar-refractivity contribution in [3.63, 3.8) is 0 Å². The molecule has 18 heavy (non-hydrogen) atoms. The van der Waals surface area contributed by atoms with Crippen LogP contribution in [0.25, 0.3) is 0 Å². The van der Waals surface area contributed by atoms with Gasteiger partial charge in [-0.1, -0.05) is 24.4 Å². The molecule has 1 aromatic heterocycles. The number of rotatable bonds is 4. The summed E-state index contributed by atoms with van der Waals surface area (Å²) in [6, 6.07) is 9.48. The number of ether oxygens (including phenoxy) is 1. The van der Waals surface area contributed by atoms with E-state index in [2.05, 4.69) is 5.10 Å². The maximum atomic E-state index is 5.75. The Kier molecular flexibility index (Phi) is 3.62. The lowest BCUT2D eigenvalue weighted by atomic mass is 10.2. The fourth-order valence-electron chi connectivity index (χ4n) is 1.75. The highest BCUT2D eigenvalue weighted by Crippen LogP contribution is 2.19. The first-order chi connectivity index (χ1) is 8.58. The van der Waals surface area contributed by atoms with E-state index in [0.29, 0.717) is 17.3 Å². The van der Waals surface area contributed by atoms with E-state index in [1.807, 2.05) is 44.3 Å². The number of thiocarbonyl (C=S) groups is 1. The topological polar surface area (TPSA) is 53.1 Å². The predicted molar refractivity (Wildman–Crippen MR) is 74.6 cm³/mol. The van der Waals surface area contributed by atoms with Gasteiger partial charge in [0, 0.05) is 7.05 Å². The predicted octanol–water partition coefficient (Wildman–Crippen LogP) is 1.94. The van der Waals surface area contributed by atoms with Gasteiger partial charge in [0.25, 0.3) is 0 Å². The van der Waals surface area contributed by atoms with Gasteiger partial charge in [0.1, 0.15) is 17.3 Å². The SMILES string of the molecule is Cc1cc(COc2ccccc2C(N)=S)n(C)n1. The summed E-state index contributed by atoms with van der Waals surface area (Å²) in [5.74, 6) is 0.698. The largest absolute Gasteiger partial charge is 0.487 e. The standard InChI is InChI=1S/C13H15N3OS/c1-9-7-10(16(2)15-9)8-17-12-6-4-3-5-11(12)13(14)18/h3-7H,8H2,1-2H3,(H2,14,18). The minimum absolute atomic E-state index is 0.340. The minimum atomic E-state index is 0.340. The maximum Gasteiger partial charge on any atom is 0.130 e. The average molecular weight is 261 g/mol. The van der Waals surface area contributed by atoms with Crippen molar-refractivity contribution in [2.75, 3.05) is 0 Å². The van der Waals surface area contributed by atoms with Crippen LogP contribution >= 0.6 is 12.2 Å². The van der Waals surface area contributed by atoms with Crippen molar-refractivity contribution in [2.45, 2.75) is 13.5 Å². The van der Waals surface area contributed by atoms with Crippen LogP contribution in [0.4, 0.5) is 0 Å². The first-order valence-electron chi connectivity index (χ1n) is 5.59. The highest BCUT2D eigenvalue weighted by molar-refractivity contribution is 7.80. The van der Waals surface area contributed by atoms with Crippen molar-refractivity contribution in [2.24, 2.45) is 12.8 Å². The Bertz CT molecular complexity index is 577. The maximum absolute atomic E-state index is 5.75. The first kappa shape index (κ1) is 12.6. The van der Waals surface area contributed by atoms with Crippen molar-refractivity contribution < 1.29 is 4.74 Å². The summed E-state index contributed by atoms with van der Waals surface area (Å²) in [5, 5.41) is 4.27. The molecule has 5 heteroatoms. The van der Waals surface area contributed by atoms with Gasteiger partial charge in [-0.2, -0.15) is 5.10 Å². The third kappa shape index (κ3) is 2.68. The molecule has 0 aliphatic rings. The van der Waals surface area contributed by atoms with E-state index in [1.165, 1.54) is 0 Å². The molecule has 0 unspecified atom stereocenters. The van der Waals surface area contributed by atoms with Crippen molar-refractivity contribution in [3.05, 3.63) is 47.3 Å². The summed E-state index contributed by atoms with van der Waals surface area (Å²) in [6.07, 6.45) is 0. The van der Waals surface area contributed by atoms with Crippen LogP contribution in [0.2, 0.25) is 0 Å². The number of hydrogen-bond donors (Lipinski definition) is 1. The van der Waals surface area contributed by atoms with Crippen molar-refractivity contribution in [1.82, 2.24) is 9.78 Å². The first-order valence-corrected chi connectivity index (χ1v) is 6.00. The van der Waals surface area contributed by atoms with Crippen LogP contribution in [0.5, 0.6) is 5.75 Å². The average Bonchev–Trinajstić information content (AvgIpc) is 2.65. The lowest BCUT2D eigenvalue weighted by Crippen LogP contribution is -2.12. The molecular weight excluding hydrogens is 246 g/mol. The smallest absolute Gasteiger partial charge is 0.130 e. The summed E-state index contributed by atoms with van der Waals surface area (Å²) in [7, 11) is 1.89. The van der Waals surface area contributed by atoms with Gasteiger partial charge < -0.3 is 10.5 Å². The van der Waals surface area contributed by atoms with Crippen LogP contribution in [0.1, 0.15) is 17.0 Å². The second kappa shape index (κ2) is 5.18. The molecule has 0 aliphatic heterocycles. The molecular formula is C13H15N3OS. The molecule has 0 saturated heterocycles. The van der Waals surface area contributed by atoms with Crippen LogP contribution in [0.3, 0.4) is 0 Å². The van der Waals surface area contributed by atoms with Gasteiger partial charge in [-0.3, -0.25) is 4.68 Å². The highest BCUT2D eigenvalue weighted by Gasteiger charge is 2.07. The van der Waals surface area contributed by atoms with E-state index in [1.54, 1.807) is 4.68 Å². The Morgan fingerprint density at radius 3 is 2.78 bits per heavy atom. The number of para-hydroxylation sites is 1. The number of nitrogens with two attached hydrogens (primary N) is 1. The summed E-state index contributed by atoms with van der Waals surface area (Å²) < 4.78 is 7.55. The van der Waals surface area contributed by atoms with Gasteiger partial charge in [-0.05, 0) is 25.1 Å². The normalized spacial score (nSPS) is 10.3. The lowest BCUT2D eigenvalue weighted by molar-refractivity contribution is 0.294. The molecule has 0 amide bonds. The van der Waals surface area contributed by atoms with Crippen LogP contribution in [-0.4, -0.2) is 14.8 Å². The number of nitrogens with zero attached hydrogens (tertiary/aromatic N) is 2. The highest BCUT2D eigenvalue weighted by atomic mass is 32.1. The fraction of sp³-hybridized carbons (Fsp3) is 0.231. The van der Waals surface area contributed by atoms with Gasteiger partial charge >= 0.3 is 0 Å². The molecule has 0 aliphatic carbocycles. The van der Waals surface area contributed by atoms with Crippen molar-refractivity contribution in [1.29, 1.82) is 0 Å². The van der Waals surface area contributed by atoms with E-state index in [4.69, 9.17) is 22.7 Å². The molecule has 0 radical (unpaired) electrons. The Hall–Kier alpha value is -1.88. The number of aromatic nitrogens is 2. The summed E-state index contributed by atoms with van der Waals surface area (Å²) in [4.78, 5) is 0.340. The quantitative estimate of drug-likeness (QED) is 0.855. The van der Waals surface area contributed by atoms with Gasteiger partial charge in [0.05, 0.1) is 17.0 Å². The van der Waals surface area contributed by atoms with Crippen LogP contribution in [0.15, 0.2) is 30.3 Å². The molecule has 0 atom stereocenters. The van der Waals surface area contributed by atoms with Gasteiger partial charge in [-0.15, -0.1) is 0 Å². The third-order valence-corrected chi connectivity index (χ3v) is 2.85. The second-order valence-corrected chi connectivity index (χ2v) is 4.49. The van der Waals surface area contributed by atoms with Gasteiger partial charge in [-0.25, -0.2) is 0 Å². The molecule has 2 aromatic rings. The number of hydrogen-bond acceptors (Lipinski definition) is 3. The van der Waals surface area contributed by atoms with Crippen molar-refractivity contribution >= 4 is 17.2 Å². The number of aryl methyl sites for hydroxylation is 2. The van der Waals surface area contributed by atoms with Gasteiger partial charge in [0.15, 0.2) is 0 Å². The van der Waals surface area contributed by atoms with E-state index < -0.39 is 0 Å². The zero-order valence-corrected chi connectivity index (χ0v) is 11.2. The Balaban J connectivity index is 2.15. The van der Waals surface area contributed by atoms with Crippen molar-refractivity contribution in [3.8, 4) is 5.75 Å². The monoisotopic (exact) mass is 261 g/mol. The molecule has 0 fully saturated rings. The molecule has 2 rings (SSSR count). The van der Waals surface area contributed by atoms with E-state index >= 15 is 0 Å². The fourth-order valence-corrected chi connectivity index (χ4v) is 1.92. The third-order valence-electron chi connectivity index (χ3n) is 2.63. The molecule has 0 saturated carbocycles. The molecule has 0 spiro atoms. The second-order valence-electron chi connectivity index (χ2n) is 4.05. The summed E-state index contributed by atoms with van der Waals surface area (Å²) in [5.41, 5.74) is 8.38. The molecule has 4 nitrogen and oxygen atoms in total. The summed E-state index contributed by atoms with van der Waals surface area (Å²) in [6.45, 7) is 2.39. The Morgan fingerprint density at radius 2 is 2.17 bits per heavy atom. The Morgan fingerprint density at radius 1 is 1.44 bits per heavy atom. The summed E-state index contributed by atoms with van der Waals surface area (Å²) >= 11 is 4.99.